The molecular formula is C10H14ClN3O. The molecule has 0 aliphatic carbocycles. The first-order chi connectivity index (χ1) is 7.25. The third-order valence-electron chi connectivity index (χ3n) is 2.62. The number of rotatable bonds is 2. The molecular weight excluding hydrogens is 214 g/mol. The van der Waals surface area contributed by atoms with E-state index in [1.165, 1.54) is 36.1 Å². The van der Waals surface area contributed by atoms with Gasteiger partial charge in [0, 0.05) is 6.07 Å². The van der Waals surface area contributed by atoms with Gasteiger partial charge in [0.15, 0.2) is 0 Å². The molecule has 0 amide bonds. The van der Waals surface area contributed by atoms with Gasteiger partial charge in [0.05, 0.1) is 6.67 Å². The highest BCUT2D eigenvalue weighted by Gasteiger charge is 2.11. The Kier molecular flexibility index (Phi) is 3.38. The van der Waals surface area contributed by atoms with Crippen LogP contribution in [0, 0.1) is 0 Å². The van der Waals surface area contributed by atoms with Crippen LogP contribution in [0.15, 0.2) is 16.9 Å². The molecule has 15 heavy (non-hydrogen) atoms. The van der Waals surface area contributed by atoms with Crippen LogP contribution in [0.2, 0.25) is 5.15 Å². The molecule has 0 aromatic carbocycles. The fraction of sp³-hybridized carbons (Fsp3) is 0.600. The van der Waals surface area contributed by atoms with Crippen molar-refractivity contribution < 1.29 is 0 Å². The lowest BCUT2D eigenvalue weighted by Gasteiger charge is -2.26. The quantitative estimate of drug-likeness (QED) is 0.766. The van der Waals surface area contributed by atoms with Crippen molar-refractivity contribution in [1.29, 1.82) is 0 Å². The summed E-state index contributed by atoms with van der Waals surface area (Å²) in [4.78, 5) is 13.7. The van der Waals surface area contributed by atoms with Gasteiger partial charge in [-0.15, -0.1) is 0 Å². The Balaban J connectivity index is 2.09. The minimum Gasteiger partial charge on any atom is -0.284 e. The van der Waals surface area contributed by atoms with Crippen LogP contribution < -0.4 is 5.56 Å². The number of hydrogen-bond donors (Lipinski definition) is 0. The van der Waals surface area contributed by atoms with Gasteiger partial charge in [0.1, 0.15) is 5.15 Å². The monoisotopic (exact) mass is 227 g/mol. The normalized spacial score (nSPS) is 17.9. The molecule has 2 rings (SSSR count). The predicted octanol–water partition coefficient (Wildman–Crippen LogP) is 1.34. The Hall–Kier alpha value is -0.870. The van der Waals surface area contributed by atoms with Crippen LogP contribution in [0.5, 0.6) is 0 Å². The summed E-state index contributed by atoms with van der Waals surface area (Å²) in [6, 6.07) is 2.98. The van der Waals surface area contributed by atoms with Crippen LogP contribution in [0.1, 0.15) is 19.3 Å². The molecule has 0 spiro atoms. The summed E-state index contributed by atoms with van der Waals surface area (Å²) in [6.45, 7) is 2.64. The Morgan fingerprint density at radius 3 is 2.73 bits per heavy atom. The summed E-state index contributed by atoms with van der Waals surface area (Å²) >= 11 is 5.75. The predicted molar refractivity (Wildman–Crippen MR) is 58.9 cm³/mol. The van der Waals surface area contributed by atoms with Gasteiger partial charge >= 0.3 is 0 Å². The molecule has 1 aliphatic heterocycles. The molecule has 82 valence electrons. The van der Waals surface area contributed by atoms with Crippen molar-refractivity contribution in [2.24, 2.45) is 0 Å². The van der Waals surface area contributed by atoms with E-state index in [2.05, 4.69) is 10.00 Å². The Morgan fingerprint density at radius 1 is 1.27 bits per heavy atom. The van der Waals surface area contributed by atoms with Gasteiger partial charge in [-0.1, -0.05) is 18.0 Å². The molecule has 0 radical (unpaired) electrons. The molecule has 1 aromatic rings. The maximum absolute atomic E-state index is 11.5. The summed E-state index contributed by atoms with van der Waals surface area (Å²) in [5.74, 6) is 0. The molecule has 0 saturated carbocycles. The molecule has 1 aliphatic rings. The van der Waals surface area contributed by atoms with Gasteiger partial charge in [-0.3, -0.25) is 9.69 Å². The number of likely N-dealkylation sites (tertiary alicyclic amines) is 1. The lowest BCUT2D eigenvalue weighted by atomic mass is 10.1. The van der Waals surface area contributed by atoms with Crippen molar-refractivity contribution in [1.82, 2.24) is 14.7 Å². The second kappa shape index (κ2) is 4.77. The van der Waals surface area contributed by atoms with Gasteiger partial charge in [0.25, 0.3) is 5.56 Å². The van der Waals surface area contributed by atoms with Crippen molar-refractivity contribution in [2.45, 2.75) is 25.9 Å². The maximum atomic E-state index is 11.5. The van der Waals surface area contributed by atoms with Crippen molar-refractivity contribution in [3.63, 3.8) is 0 Å². The molecule has 1 fully saturated rings. The largest absolute Gasteiger partial charge is 0.284 e. The number of aromatic nitrogens is 2. The first-order valence-electron chi connectivity index (χ1n) is 5.22. The fourth-order valence-electron chi connectivity index (χ4n) is 1.82. The van der Waals surface area contributed by atoms with E-state index in [9.17, 15) is 4.79 Å². The molecule has 5 heteroatoms. The van der Waals surface area contributed by atoms with E-state index in [4.69, 9.17) is 11.6 Å². The highest BCUT2D eigenvalue weighted by Crippen LogP contribution is 2.08. The zero-order valence-corrected chi connectivity index (χ0v) is 9.28. The average molecular weight is 228 g/mol. The third kappa shape index (κ3) is 2.79. The smallest absolute Gasteiger partial charge is 0.268 e. The maximum Gasteiger partial charge on any atom is 0.268 e. The second-order valence-corrected chi connectivity index (χ2v) is 4.20. The Bertz CT molecular complexity index is 384. The van der Waals surface area contributed by atoms with E-state index in [0.29, 0.717) is 11.8 Å². The lowest BCUT2D eigenvalue weighted by Crippen LogP contribution is -2.36. The van der Waals surface area contributed by atoms with Gasteiger partial charge in [-0.05, 0) is 32.0 Å². The van der Waals surface area contributed by atoms with E-state index in [-0.39, 0.29) is 5.56 Å². The van der Waals surface area contributed by atoms with E-state index < -0.39 is 0 Å². The van der Waals surface area contributed by atoms with Crippen LogP contribution in [0.3, 0.4) is 0 Å². The fourth-order valence-corrected chi connectivity index (χ4v) is 1.97. The lowest BCUT2D eigenvalue weighted by molar-refractivity contribution is 0.169. The van der Waals surface area contributed by atoms with Gasteiger partial charge in [0.2, 0.25) is 0 Å². The first-order valence-corrected chi connectivity index (χ1v) is 5.59. The average Bonchev–Trinajstić information content (AvgIpc) is 2.25. The van der Waals surface area contributed by atoms with Gasteiger partial charge < -0.3 is 0 Å². The molecule has 4 nitrogen and oxygen atoms in total. The van der Waals surface area contributed by atoms with Crippen LogP contribution in [0.4, 0.5) is 0 Å². The molecule has 0 unspecified atom stereocenters. The summed E-state index contributed by atoms with van der Waals surface area (Å²) < 4.78 is 1.42. The van der Waals surface area contributed by atoms with E-state index in [1.807, 2.05) is 0 Å². The molecule has 0 atom stereocenters. The van der Waals surface area contributed by atoms with Crippen LogP contribution in [-0.4, -0.2) is 27.8 Å². The van der Waals surface area contributed by atoms with Gasteiger partial charge in [-0.25, -0.2) is 4.68 Å². The van der Waals surface area contributed by atoms with Crippen molar-refractivity contribution >= 4 is 11.6 Å². The topological polar surface area (TPSA) is 38.1 Å². The van der Waals surface area contributed by atoms with Crippen LogP contribution >= 0.6 is 11.6 Å². The van der Waals surface area contributed by atoms with E-state index in [1.54, 1.807) is 0 Å². The van der Waals surface area contributed by atoms with Crippen molar-refractivity contribution in [2.75, 3.05) is 13.1 Å². The highest BCUT2D eigenvalue weighted by molar-refractivity contribution is 6.29. The highest BCUT2D eigenvalue weighted by atomic mass is 35.5. The summed E-state index contributed by atoms with van der Waals surface area (Å²) in [6.07, 6.45) is 3.69. The summed E-state index contributed by atoms with van der Waals surface area (Å²) in [5.41, 5.74) is -0.0926. The summed E-state index contributed by atoms with van der Waals surface area (Å²) in [7, 11) is 0. The van der Waals surface area contributed by atoms with E-state index in [0.717, 1.165) is 13.1 Å². The molecule has 1 saturated heterocycles. The number of halogens is 1. The second-order valence-electron chi connectivity index (χ2n) is 3.81. The van der Waals surface area contributed by atoms with Crippen molar-refractivity contribution in [3.8, 4) is 0 Å². The van der Waals surface area contributed by atoms with Crippen LogP contribution in [0.25, 0.3) is 0 Å². The minimum atomic E-state index is -0.0926. The standard InChI is InChI=1S/C10H14ClN3O/c11-9-4-5-10(15)14(12-9)8-13-6-2-1-3-7-13/h4-5H,1-3,6-8H2. The number of hydrogen-bond acceptors (Lipinski definition) is 3. The first kappa shape index (κ1) is 10.6. The van der Waals surface area contributed by atoms with Crippen LogP contribution in [-0.2, 0) is 6.67 Å². The van der Waals surface area contributed by atoms with Crippen molar-refractivity contribution in [3.05, 3.63) is 27.6 Å². The number of piperidine rings is 1. The van der Waals surface area contributed by atoms with E-state index >= 15 is 0 Å². The Morgan fingerprint density at radius 2 is 2.00 bits per heavy atom. The third-order valence-corrected chi connectivity index (χ3v) is 2.82. The molecule has 2 heterocycles. The summed E-state index contributed by atoms with van der Waals surface area (Å²) in [5, 5.41) is 4.36. The number of nitrogens with zero attached hydrogens (tertiary/aromatic N) is 3. The SMILES string of the molecule is O=c1ccc(Cl)nn1CN1CCCCC1. The zero-order valence-electron chi connectivity index (χ0n) is 8.53. The Labute approximate surface area is 93.5 Å². The molecule has 1 aromatic heterocycles. The molecule has 0 N–H and O–H groups in total. The van der Waals surface area contributed by atoms with Gasteiger partial charge in [-0.2, -0.15) is 5.10 Å². The molecule has 0 bridgehead atoms. The zero-order chi connectivity index (χ0) is 10.7. The minimum absolute atomic E-state index is 0.0926.